The molecule has 1 heterocycles. The predicted molar refractivity (Wildman–Crippen MR) is 131 cm³/mol. The molecule has 3 rings (SSSR count). The maximum Gasteiger partial charge on any atom is 0.412 e. The van der Waals surface area contributed by atoms with Crippen molar-refractivity contribution in [3.8, 4) is 0 Å². The van der Waals surface area contributed by atoms with Gasteiger partial charge < -0.3 is 14.2 Å². The second-order valence-electron chi connectivity index (χ2n) is 10.0. The average molecular weight is 452 g/mol. The van der Waals surface area contributed by atoms with Crippen molar-refractivity contribution in [3.05, 3.63) is 83.9 Å². The lowest BCUT2D eigenvalue weighted by Crippen LogP contribution is -2.50. The van der Waals surface area contributed by atoms with Crippen LogP contribution in [0.15, 0.2) is 72.8 Å². The Morgan fingerprint density at radius 3 is 2.21 bits per heavy atom. The Morgan fingerprint density at radius 1 is 1.06 bits per heavy atom. The number of carbonyl (C=O) groups is 1. The van der Waals surface area contributed by atoms with Gasteiger partial charge in [-0.15, -0.1) is 0 Å². The van der Waals surface area contributed by atoms with Crippen molar-refractivity contribution in [2.45, 2.75) is 84.1 Å². The summed E-state index contributed by atoms with van der Waals surface area (Å²) in [4.78, 5) is 14.9. The number of hydrogen-bond acceptors (Lipinski definition) is 4. The molecule has 1 aliphatic heterocycles. The molecule has 5 heteroatoms. The van der Waals surface area contributed by atoms with Crippen LogP contribution in [0, 0.1) is 0 Å². The molecule has 0 bridgehead atoms. The van der Waals surface area contributed by atoms with Crippen molar-refractivity contribution in [2.75, 3.05) is 0 Å². The van der Waals surface area contributed by atoms with Crippen molar-refractivity contribution in [3.63, 3.8) is 0 Å². The molecule has 33 heavy (non-hydrogen) atoms. The van der Waals surface area contributed by atoms with Crippen LogP contribution in [-0.4, -0.2) is 40.6 Å². The fourth-order valence-corrected chi connectivity index (χ4v) is 4.03. The number of hydrogen-bond donors (Lipinski definition) is 0. The monoisotopic (exact) mass is 451 g/mol. The highest BCUT2D eigenvalue weighted by molar-refractivity contribution is 5.70. The van der Waals surface area contributed by atoms with E-state index < -0.39 is 11.3 Å². The summed E-state index contributed by atoms with van der Waals surface area (Å²) in [6, 6.07) is 20.1. The fourth-order valence-electron chi connectivity index (χ4n) is 4.03. The van der Waals surface area contributed by atoms with Crippen molar-refractivity contribution in [1.82, 2.24) is 4.90 Å². The van der Waals surface area contributed by atoms with E-state index in [1.165, 1.54) is 0 Å². The second kappa shape index (κ2) is 10.5. The number of ether oxygens (including phenoxy) is 3. The smallest absolute Gasteiger partial charge is 0.412 e. The van der Waals surface area contributed by atoms with Gasteiger partial charge in [-0.25, -0.2) is 4.79 Å². The first-order valence-electron chi connectivity index (χ1n) is 11.6. The highest BCUT2D eigenvalue weighted by Gasteiger charge is 2.50. The summed E-state index contributed by atoms with van der Waals surface area (Å²) in [5.74, 6) is 0. The quantitative estimate of drug-likeness (QED) is 0.475. The van der Waals surface area contributed by atoms with Crippen molar-refractivity contribution in [1.29, 1.82) is 0 Å². The SMILES string of the molecule is CC(C=C[C@H]1OC(C)(C)N(C(=O)OC(C)(C)C)[C@H]1Cc1ccccc1)OCc1ccccc1. The molecular weight excluding hydrogens is 414 g/mol. The van der Waals surface area contributed by atoms with E-state index in [0.29, 0.717) is 13.0 Å². The van der Waals surface area contributed by atoms with Crippen molar-refractivity contribution < 1.29 is 19.0 Å². The van der Waals surface area contributed by atoms with Gasteiger partial charge in [0.1, 0.15) is 11.3 Å². The van der Waals surface area contributed by atoms with E-state index in [4.69, 9.17) is 14.2 Å². The van der Waals surface area contributed by atoms with Crippen molar-refractivity contribution >= 4 is 6.09 Å². The van der Waals surface area contributed by atoms with E-state index in [1.807, 2.05) is 102 Å². The molecular formula is C28H37NO4. The van der Waals surface area contributed by atoms with Gasteiger partial charge in [-0.05, 0) is 59.1 Å². The lowest BCUT2D eigenvalue weighted by molar-refractivity contribution is -0.0717. The topological polar surface area (TPSA) is 48.0 Å². The third-order valence-electron chi connectivity index (χ3n) is 5.52. The largest absolute Gasteiger partial charge is 0.444 e. The summed E-state index contributed by atoms with van der Waals surface area (Å²) in [6.45, 7) is 12.0. The summed E-state index contributed by atoms with van der Waals surface area (Å²) in [6.07, 6.45) is 3.96. The zero-order valence-electron chi connectivity index (χ0n) is 20.7. The summed E-state index contributed by atoms with van der Waals surface area (Å²) >= 11 is 0. The van der Waals surface area contributed by atoms with Crippen LogP contribution in [0.25, 0.3) is 0 Å². The van der Waals surface area contributed by atoms with E-state index in [1.54, 1.807) is 4.90 Å². The Balaban J connectivity index is 1.77. The Labute approximate surface area is 198 Å². The van der Waals surface area contributed by atoms with Gasteiger partial charge in [-0.1, -0.05) is 72.8 Å². The third kappa shape index (κ3) is 7.18. The molecule has 1 saturated heterocycles. The number of carbonyl (C=O) groups excluding carboxylic acids is 1. The molecule has 2 aromatic rings. The normalized spacial score (nSPS) is 21.3. The molecule has 2 aromatic carbocycles. The molecule has 0 radical (unpaired) electrons. The maximum atomic E-state index is 13.2. The average Bonchev–Trinajstić information content (AvgIpc) is 3.00. The number of benzene rings is 2. The molecule has 1 aliphatic rings. The third-order valence-corrected chi connectivity index (χ3v) is 5.52. The van der Waals surface area contributed by atoms with Gasteiger partial charge in [0.05, 0.1) is 24.9 Å². The molecule has 1 amide bonds. The second-order valence-corrected chi connectivity index (χ2v) is 10.0. The maximum absolute atomic E-state index is 13.2. The number of amides is 1. The van der Waals surface area contributed by atoms with Gasteiger partial charge in [0.25, 0.3) is 0 Å². The Hall–Kier alpha value is -2.63. The summed E-state index contributed by atoms with van der Waals surface area (Å²) in [5, 5.41) is 0. The van der Waals surface area contributed by atoms with Crippen molar-refractivity contribution in [2.24, 2.45) is 0 Å². The lowest BCUT2D eigenvalue weighted by Gasteiger charge is -2.35. The van der Waals surface area contributed by atoms with Crippen LogP contribution in [0.1, 0.15) is 52.7 Å². The Bertz CT molecular complexity index is 918. The van der Waals surface area contributed by atoms with Crippen LogP contribution < -0.4 is 0 Å². The molecule has 5 nitrogen and oxygen atoms in total. The van der Waals surface area contributed by atoms with Crippen LogP contribution in [0.4, 0.5) is 4.79 Å². The van der Waals surface area contributed by atoms with Gasteiger partial charge in [0.2, 0.25) is 0 Å². The highest BCUT2D eigenvalue weighted by atomic mass is 16.6. The van der Waals surface area contributed by atoms with Gasteiger partial charge >= 0.3 is 6.09 Å². The minimum atomic E-state index is -0.801. The first-order valence-corrected chi connectivity index (χ1v) is 11.6. The molecule has 3 atom stereocenters. The molecule has 1 unspecified atom stereocenters. The van der Waals surface area contributed by atoms with E-state index in [9.17, 15) is 4.79 Å². The number of nitrogens with zero attached hydrogens (tertiary/aromatic N) is 1. The van der Waals surface area contributed by atoms with Gasteiger partial charge in [0, 0.05) is 0 Å². The van der Waals surface area contributed by atoms with Crippen LogP contribution in [-0.2, 0) is 27.2 Å². The summed E-state index contributed by atoms with van der Waals surface area (Å²) in [7, 11) is 0. The van der Waals surface area contributed by atoms with Gasteiger partial charge in [0.15, 0.2) is 0 Å². The highest BCUT2D eigenvalue weighted by Crippen LogP contribution is 2.36. The Morgan fingerprint density at radius 2 is 1.64 bits per heavy atom. The molecule has 0 spiro atoms. The molecule has 0 N–H and O–H groups in total. The molecule has 178 valence electrons. The predicted octanol–water partition coefficient (Wildman–Crippen LogP) is 6.13. The van der Waals surface area contributed by atoms with Gasteiger partial charge in [-0.3, -0.25) is 4.90 Å². The van der Waals surface area contributed by atoms with E-state index in [-0.39, 0.29) is 24.3 Å². The van der Waals surface area contributed by atoms with Gasteiger partial charge in [-0.2, -0.15) is 0 Å². The first-order chi connectivity index (χ1) is 15.5. The molecule has 0 aromatic heterocycles. The summed E-state index contributed by atoms with van der Waals surface area (Å²) < 4.78 is 18.1. The van der Waals surface area contributed by atoms with Crippen LogP contribution >= 0.6 is 0 Å². The molecule has 0 saturated carbocycles. The van der Waals surface area contributed by atoms with E-state index in [0.717, 1.165) is 11.1 Å². The minimum absolute atomic E-state index is 0.0927. The van der Waals surface area contributed by atoms with Crippen LogP contribution in [0.3, 0.4) is 0 Å². The number of rotatable bonds is 7. The standard InChI is InChI=1S/C28H37NO4/c1-21(31-20-23-15-11-8-12-16-23)17-18-25-24(19-22-13-9-7-10-14-22)29(28(5,6)32-25)26(30)33-27(2,3)4/h7-18,21,24-25H,19-20H2,1-6H3/t21?,24-,25+/m0/s1. The first kappa shape index (κ1) is 25.0. The van der Waals surface area contributed by atoms with Crippen LogP contribution in [0.5, 0.6) is 0 Å². The lowest BCUT2D eigenvalue weighted by atomic mass is 9.99. The zero-order chi connectivity index (χ0) is 24.1. The van der Waals surface area contributed by atoms with E-state index >= 15 is 0 Å². The molecule has 0 aliphatic carbocycles. The Kier molecular flexibility index (Phi) is 7.98. The van der Waals surface area contributed by atoms with E-state index in [2.05, 4.69) is 12.1 Å². The fraction of sp³-hybridized carbons (Fsp3) is 0.464. The molecule has 1 fully saturated rings. The summed E-state index contributed by atoms with van der Waals surface area (Å²) in [5.41, 5.74) is 0.890. The van der Waals surface area contributed by atoms with Crippen LogP contribution in [0.2, 0.25) is 0 Å². The minimum Gasteiger partial charge on any atom is -0.444 e. The zero-order valence-corrected chi connectivity index (χ0v) is 20.7.